The predicted octanol–water partition coefficient (Wildman–Crippen LogP) is 1.07. The smallest absolute Gasteiger partial charge is 0.0261 e. The summed E-state index contributed by atoms with van der Waals surface area (Å²) >= 11 is 0. The Morgan fingerprint density at radius 1 is 1.44 bits per heavy atom. The van der Waals surface area contributed by atoms with E-state index in [2.05, 4.69) is 24.5 Å². The lowest BCUT2D eigenvalue weighted by Gasteiger charge is -2.02. The van der Waals surface area contributed by atoms with Crippen molar-refractivity contribution >= 4 is 0 Å². The lowest BCUT2D eigenvalue weighted by atomic mass is 10.4. The molecule has 0 bridgehead atoms. The zero-order chi connectivity index (χ0) is 7.11. The SMILES string of the molecule is CCN/C=C(\CC)NC. The van der Waals surface area contributed by atoms with E-state index in [1.165, 1.54) is 5.70 Å². The van der Waals surface area contributed by atoms with Crippen LogP contribution in [0.1, 0.15) is 20.3 Å². The van der Waals surface area contributed by atoms with Crippen molar-refractivity contribution in [3.8, 4) is 0 Å². The van der Waals surface area contributed by atoms with Crippen LogP contribution in [0.15, 0.2) is 11.9 Å². The Bertz CT molecular complexity index is 80.9. The van der Waals surface area contributed by atoms with Gasteiger partial charge in [-0.2, -0.15) is 0 Å². The standard InChI is InChI=1S/C7H16N2/c1-4-7(8-3)6-9-5-2/h6,8-9H,4-5H2,1-3H3/b7-6+. The quantitative estimate of drug-likeness (QED) is 0.591. The van der Waals surface area contributed by atoms with Crippen LogP contribution >= 0.6 is 0 Å². The molecule has 0 spiro atoms. The molecule has 0 aliphatic heterocycles. The molecular weight excluding hydrogens is 112 g/mol. The topological polar surface area (TPSA) is 24.1 Å². The summed E-state index contributed by atoms with van der Waals surface area (Å²) in [7, 11) is 1.94. The summed E-state index contributed by atoms with van der Waals surface area (Å²) < 4.78 is 0. The molecule has 2 N–H and O–H groups in total. The highest BCUT2D eigenvalue weighted by Crippen LogP contribution is 1.89. The van der Waals surface area contributed by atoms with E-state index in [4.69, 9.17) is 0 Å². The van der Waals surface area contributed by atoms with Crippen molar-refractivity contribution in [2.75, 3.05) is 13.6 Å². The maximum Gasteiger partial charge on any atom is 0.0261 e. The summed E-state index contributed by atoms with van der Waals surface area (Å²) in [5, 5.41) is 6.21. The lowest BCUT2D eigenvalue weighted by Crippen LogP contribution is -2.11. The fraction of sp³-hybridized carbons (Fsp3) is 0.714. The number of nitrogens with one attached hydrogen (secondary N) is 2. The van der Waals surface area contributed by atoms with Gasteiger partial charge in [-0.15, -0.1) is 0 Å². The van der Waals surface area contributed by atoms with Crippen LogP contribution < -0.4 is 10.6 Å². The molecule has 0 fully saturated rings. The first-order valence-electron chi connectivity index (χ1n) is 3.45. The third-order valence-corrected chi connectivity index (χ3v) is 1.18. The molecule has 0 aromatic rings. The minimum atomic E-state index is 0.991. The van der Waals surface area contributed by atoms with Gasteiger partial charge in [0.05, 0.1) is 0 Å². The molecule has 0 heterocycles. The van der Waals surface area contributed by atoms with Crippen LogP contribution in [-0.4, -0.2) is 13.6 Å². The van der Waals surface area contributed by atoms with Gasteiger partial charge in [0.1, 0.15) is 0 Å². The highest BCUT2D eigenvalue weighted by molar-refractivity contribution is 4.95. The number of allylic oxidation sites excluding steroid dienone is 1. The summed E-state index contributed by atoms with van der Waals surface area (Å²) in [4.78, 5) is 0. The van der Waals surface area contributed by atoms with E-state index in [1.807, 2.05) is 13.2 Å². The fourth-order valence-electron chi connectivity index (χ4n) is 0.576. The first-order chi connectivity index (χ1) is 4.35. The molecule has 0 saturated heterocycles. The molecule has 9 heavy (non-hydrogen) atoms. The average molecular weight is 128 g/mol. The summed E-state index contributed by atoms with van der Waals surface area (Å²) in [6.45, 7) is 5.20. The molecule has 0 atom stereocenters. The van der Waals surface area contributed by atoms with Gasteiger partial charge in [0.15, 0.2) is 0 Å². The second-order valence-electron chi connectivity index (χ2n) is 1.83. The minimum Gasteiger partial charge on any atom is -0.390 e. The van der Waals surface area contributed by atoms with E-state index in [1.54, 1.807) is 0 Å². The second-order valence-corrected chi connectivity index (χ2v) is 1.83. The average Bonchev–Trinajstić information content (AvgIpc) is 1.91. The van der Waals surface area contributed by atoms with Crippen LogP contribution in [0, 0.1) is 0 Å². The molecule has 0 amide bonds. The zero-order valence-corrected chi connectivity index (χ0v) is 6.49. The Morgan fingerprint density at radius 3 is 2.44 bits per heavy atom. The number of hydrogen-bond donors (Lipinski definition) is 2. The Balaban J connectivity index is 3.48. The van der Waals surface area contributed by atoms with Crippen LogP contribution in [0.4, 0.5) is 0 Å². The van der Waals surface area contributed by atoms with E-state index in [0.717, 1.165) is 13.0 Å². The Morgan fingerprint density at radius 2 is 2.11 bits per heavy atom. The summed E-state index contributed by atoms with van der Waals surface area (Å²) in [5.41, 5.74) is 1.25. The lowest BCUT2D eigenvalue weighted by molar-refractivity contribution is 0.835. The fourth-order valence-corrected chi connectivity index (χ4v) is 0.576. The molecule has 2 heteroatoms. The Hall–Kier alpha value is -0.660. The summed E-state index contributed by atoms with van der Waals surface area (Å²) in [6.07, 6.45) is 3.07. The second kappa shape index (κ2) is 5.48. The number of hydrogen-bond acceptors (Lipinski definition) is 2. The first kappa shape index (κ1) is 8.34. The van der Waals surface area contributed by atoms with Crippen molar-refractivity contribution in [1.29, 1.82) is 0 Å². The molecule has 2 nitrogen and oxygen atoms in total. The highest BCUT2D eigenvalue weighted by atomic mass is 14.9. The van der Waals surface area contributed by atoms with Gasteiger partial charge in [-0.1, -0.05) is 6.92 Å². The van der Waals surface area contributed by atoms with Gasteiger partial charge in [0.2, 0.25) is 0 Å². The van der Waals surface area contributed by atoms with E-state index >= 15 is 0 Å². The molecule has 0 aromatic carbocycles. The molecular formula is C7H16N2. The molecule has 0 radical (unpaired) electrons. The van der Waals surface area contributed by atoms with Crippen molar-refractivity contribution in [3.63, 3.8) is 0 Å². The molecule has 0 unspecified atom stereocenters. The summed E-state index contributed by atoms with van der Waals surface area (Å²) in [5.74, 6) is 0. The summed E-state index contributed by atoms with van der Waals surface area (Å²) in [6, 6.07) is 0. The molecule has 0 aliphatic carbocycles. The van der Waals surface area contributed by atoms with Crippen LogP contribution in [0.25, 0.3) is 0 Å². The molecule has 0 aromatic heterocycles. The third kappa shape index (κ3) is 3.88. The molecule has 54 valence electrons. The Kier molecular flexibility index (Phi) is 5.07. The van der Waals surface area contributed by atoms with Gasteiger partial charge >= 0.3 is 0 Å². The first-order valence-corrected chi connectivity index (χ1v) is 3.45. The maximum atomic E-state index is 3.13. The third-order valence-electron chi connectivity index (χ3n) is 1.18. The molecule has 0 rings (SSSR count). The van der Waals surface area contributed by atoms with Crippen LogP contribution in [0.3, 0.4) is 0 Å². The van der Waals surface area contributed by atoms with Crippen LogP contribution in [-0.2, 0) is 0 Å². The number of rotatable bonds is 4. The normalized spacial score (nSPS) is 11.2. The van der Waals surface area contributed by atoms with Crippen molar-refractivity contribution in [2.24, 2.45) is 0 Å². The van der Waals surface area contributed by atoms with Gasteiger partial charge in [0, 0.05) is 25.5 Å². The van der Waals surface area contributed by atoms with Gasteiger partial charge in [-0.25, -0.2) is 0 Å². The van der Waals surface area contributed by atoms with E-state index in [-0.39, 0.29) is 0 Å². The van der Waals surface area contributed by atoms with Gasteiger partial charge in [-0.3, -0.25) is 0 Å². The van der Waals surface area contributed by atoms with Gasteiger partial charge in [0.25, 0.3) is 0 Å². The monoisotopic (exact) mass is 128 g/mol. The largest absolute Gasteiger partial charge is 0.390 e. The highest BCUT2D eigenvalue weighted by Gasteiger charge is 1.83. The molecule has 0 aliphatic rings. The van der Waals surface area contributed by atoms with Gasteiger partial charge in [-0.05, 0) is 13.3 Å². The Labute approximate surface area is 57.3 Å². The van der Waals surface area contributed by atoms with Crippen molar-refractivity contribution in [3.05, 3.63) is 11.9 Å². The molecule has 0 saturated carbocycles. The van der Waals surface area contributed by atoms with E-state index in [0.29, 0.717) is 0 Å². The van der Waals surface area contributed by atoms with E-state index < -0.39 is 0 Å². The minimum absolute atomic E-state index is 0.991. The maximum absolute atomic E-state index is 3.13. The van der Waals surface area contributed by atoms with Gasteiger partial charge < -0.3 is 10.6 Å². The van der Waals surface area contributed by atoms with Crippen molar-refractivity contribution in [2.45, 2.75) is 20.3 Å². The predicted molar refractivity (Wildman–Crippen MR) is 41.1 cm³/mol. The van der Waals surface area contributed by atoms with Crippen LogP contribution in [0.5, 0.6) is 0 Å². The zero-order valence-electron chi connectivity index (χ0n) is 6.49. The van der Waals surface area contributed by atoms with Crippen molar-refractivity contribution < 1.29 is 0 Å². The van der Waals surface area contributed by atoms with Crippen molar-refractivity contribution in [1.82, 2.24) is 10.6 Å². The van der Waals surface area contributed by atoms with E-state index in [9.17, 15) is 0 Å². The van der Waals surface area contributed by atoms with Crippen LogP contribution in [0.2, 0.25) is 0 Å².